The normalized spacial score (nSPS) is 12.6. The molecule has 0 bridgehead atoms. The van der Waals surface area contributed by atoms with Crippen molar-refractivity contribution in [3.05, 3.63) is 89.0 Å². The van der Waals surface area contributed by atoms with Crippen LogP contribution in [-0.4, -0.2) is 18.4 Å². The molecular weight excluding hydrogens is 360 g/mol. The first-order chi connectivity index (χ1) is 14.0. The van der Waals surface area contributed by atoms with Crippen LogP contribution in [0.5, 0.6) is 0 Å². The van der Waals surface area contributed by atoms with Gasteiger partial charge in [-0.3, -0.25) is 9.59 Å². The minimum atomic E-state index is -0.0795. The molecule has 4 rings (SSSR count). The Hall–Kier alpha value is -3.40. The molecule has 3 aromatic carbocycles. The molecule has 2 amide bonds. The van der Waals surface area contributed by atoms with Gasteiger partial charge in [-0.05, 0) is 59.9 Å². The quantitative estimate of drug-likeness (QED) is 0.720. The predicted molar refractivity (Wildman–Crippen MR) is 116 cm³/mol. The van der Waals surface area contributed by atoms with Crippen LogP contribution in [0.25, 0.3) is 11.1 Å². The third-order valence-electron chi connectivity index (χ3n) is 5.37. The highest BCUT2D eigenvalue weighted by Gasteiger charge is 2.22. The van der Waals surface area contributed by atoms with E-state index in [2.05, 4.69) is 17.4 Å². The molecule has 0 aliphatic carbocycles. The van der Waals surface area contributed by atoms with Crippen LogP contribution in [0.4, 0.5) is 5.69 Å². The molecular formula is C25H24N2O2. The fraction of sp³-hybridized carbons (Fsp3) is 0.200. The fourth-order valence-corrected chi connectivity index (χ4v) is 3.83. The summed E-state index contributed by atoms with van der Waals surface area (Å²) in [5.74, 6) is 0.00152. The number of nitrogens with zero attached hydrogens (tertiary/aromatic N) is 1. The highest BCUT2D eigenvalue weighted by molar-refractivity contribution is 5.95. The highest BCUT2D eigenvalue weighted by atomic mass is 16.2. The number of carbonyl (C=O) groups excluding carboxylic acids is 2. The summed E-state index contributed by atoms with van der Waals surface area (Å²) in [6.07, 6.45) is 0.877. The Morgan fingerprint density at radius 3 is 2.45 bits per heavy atom. The molecule has 1 aliphatic heterocycles. The Balaban J connectivity index is 1.45. The first-order valence-corrected chi connectivity index (χ1v) is 9.86. The van der Waals surface area contributed by atoms with E-state index in [9.17, 15) is 9.59 Å². The summed E-state index contributed by atoms with van der Waals surface area (Å²) in [7, 11) is 0. The fourth-order valence-electron chi connectivity index (χ4n) is 3.83. The van der Waals surface area contributed by atoms with E-state index in [1.807, 2.05) is 66.4 Å². The second-order valence-electron chi connectivity index (χ2n) is 7.51. The third-order valence-corrected chi connectivity index (χ3v) is 5.37. The van der Waals surface area contributed by atoms with Gasteiger partial charge in [-0.1, -0.05) is 48.0 Å². The van der Waals surface area contributed by atoms with E-state index >= 15 is 0 Å². The van der Waals surface area contributed by atoms with E-state index in [0.717, 1.165) is 35.3 Å². The number of fused-ring (bicyclic) bond motifs is 1. The molecule has 1 aliphatic rings. The largest absolute Gasteiger partial charge is 0.348 e. The summed E-state index contributed by atoms with van der Waals surface area (Å²) in [6, 6.07) is 22.0. The van der Waals surface area contributed by atoms with Gasteiger partial charge in [-0.15, -0.1) is 0 Å². The lowest BCUT2D eigenvalue weighted by Crippen LogP contribution is -2.25. The molecule has 0 aromatic heterocycles. The summed E-state index contributed by atoms with van der Waals surface area (Å²) in [5, 5.41) is 2.97. The second kappa shape index (κ2) is 7.92. The molecule has 0 fully saturated rings. The lowest BCUT2D eigenvalue weighted by atomic mass is 10.0. The topological polar surface area (TPSA) is 49.4 Å². The molecule has 1 heterocycles. The van der Waals surface area contributed by atoms with E-state index in [1.54, 1.807) is 6.92 Å². The first kappa shape index (κ1) is 18.9. The van der Waals surface area contributed by atoms with E-state index in [-0.39, 0.29) is 11.8 Å². The Morgan fingerprint density at radius 2 is 1.72 bits per heavy atom. The Morgan fingerprint density at radius 1 is 0.966 bits per heavy atom. The molecule has 0 saturated carbocycles. The number of amides is 2. The van der Waals surface area contributed by atoms with Gasteiger partial charge >= 0.3 is 0 Å². The number of hydrogen-bond donors (Lipinski definition) is 1. The van der Waals surface area contributed by atoms with Crippen molar-refractivity contribution in [1.82, 2.24) is 5.32 Å². The number of hydrogen-bond acceptors (Lipinski definition) is 2. The summed E-state index contributed by atoms with van der Waals surface area (Å²) >= 11 is 0. The number of rotatable bonds is 4. The van der Waals surface area contributed by atoms with Gasteiger partial charge in [0, 0.05) is 31.3 Å². The molecule has 0 unspecified atom stereocenters. The average Bonchev–Trinajstić information content (AvgIpc) is 3.16. The first-order valence-electron chi connectivity index (χ1n) is 9.86. The van der Waals surface area contributed by atoms with Crippen molar-refractivity contribution < 1.29 is 9.59 Å². The SMILES string of the molecule is CC(=O)N1CCc2cc(-c3ccc(C(=O)NCc4cccc(C)c4)cc3)ccc21. The number of carbonyl (C=O) groups is 2. The van der Waals surface area contributed by atoms with Crippen molar-refractivity contribution in [1.29, 1.82) is 0 Å². The van der Waals surface area contributed by atoms with Gasteiger partial charge in [0.15, 0.2) is 0 Å². The third kappa shape index (κ3) is 4.06. The smallest absolute Gasteiger partial charge is 0.251 e. The standard InChI is InChI=1S/C25H24N2O2/c1-17-4-3-5-19(14-17)16-26-25(29)21-8-6-20(7-9-21)22-10-11-24-23(15-22)12-13-27(24)18(2)28/h3-11,14-15H,12-13,16H2,1-2H3,(H,26,29). The Bertz CT molecular complexity index is 1070. The maximum absolute atomic E-state index is 12.5. The lowest BCUT2D eigenvalue weighted by molar-refractivity contribution is -0.116. The summed E-state index contributed by atoms with van der Waals surface area (Å²) in [5.41, 5.74) is 7.27. The molecule has 0 saturated heterocycles. The van der Waals surface area contributed by atoms with Gasteiger partial charge in [-0.2, -0.15) is 0 Å². The lowest BCUT2D eigenvalue weighted by Gasteiger charge is -2.15. The zero-order valence-corrected chi connectivity index (χ0v) is 16.7. The maximum Gasteiger partial charge on any atom is 0.251 e. The molecule has 4 nitrogen and oxygen atoms in total. The molecule has 0 atom stereocenters. The summed E-state index contributed by atoms with van der Waals surface area (Å²) in [4.78, 5) is 26.0. The van der Waals surface area contributed by atoms with E-state index in [4.69, 9.17) is 0 Å². The van der Waals surface area contributed by atoms with Crippen molar-refractivity contribution in [3.8, 4) is 11.1 Å². The molecule has 29 heavy (non-hydrogen) atoms. The maximum atomic E-state index is 12.5. The molecule has 146 valence electrons. The van der Waals surface area contributed by atoms with Gasteiger partial charge < -0.3 is 10.2 Å². The zero-order valence-electron chi connectivity index (χ0n) is 16.7. The molecule has 4 heteroatoms. The zero-order chi connectivity index (χ0) is 20.4. The van der Waals surface area contributed by atoms with Crippen LogP contribution >= 0.6 is 0 Å². The van der Waals surface area contributed by atoms with Crippen LogP contribution < -0.4 is 10.2 Å². The van der Waals surface area contributed by atoms with Gasteiger partial charge in [-0.25, -0.2) is 0 Å². The number of nitrogens with one attached hydrogen (secondary N) is 1. The molecule has 3 aromatic rings. The predicted octanol–water partition coefficient (Wildman–Crippen LogP) is 4.50. The highest BCUT2D eigenvalue weighted by Crippen LogP contribution is 2.32. The van der Waals surface area contributed by atoms with Crippen LogP contribution in [0.1, 0.15) is 34.0 Å². The minimum Gasteiger partial charge on any atom is -0.348 e. The van der Waals surface area contributed by atoms with Gasteiger partial charge in [0.1, 0.15) is 0 Å². The molecule has 0 spiro atoms. The number of anilines is 1. The monoisotopic (exact) mass is 384 g/mol. The number of benzene rings is 3. The van der Waals surface area contributed by atoms with Gasteiger partial charge in [0.2, 0.25) is 5.91 Å². The molecule has 0 radical (unpaired) electrons. The van der Waals surface area contributed by atoms with Crippen LogP contribution in [0.15, 0.2) is 66.7 Å². The van der Waals surface area contributed by atoms with Crippen LogP contribution in [0.3, 0.4) is 0 Å². The second-order valence-corrected chi connectivity index (χ2v) is 7.51. The van der Waals surface area contributed by atoms with E-state index in [1.165, 1.54) is 11.1 Å². The average molecular weight is 384 g/mol. The van der Waals surface area contributed by atoms with Crippen molar-refractivity contribution >= 4 is 17.5 Å². The van der Waals surface area contributed by atoms with Gasteiger partial charge in [0.25, 0.3) is 5.91 Å². The minimum absolute atomic E-state index is 0.0795. The van der Waals surface area contributed by atoms with Crippen molar-refractivity contribution in [2.24, 2.45) is 0 Å². The van der Waals surface area contributed by atoms with Crippen LogP contribution in [0, 0.1) is 6.92 Å². The van der Waals surface area contributed by atoms with Crippen molar-refractivity contribution in [2.45, 2.75) is 26.8 Å². The summed E-state index contributed by atoms with van der Waals surface area (Å²) < 4.78 is 0. The van der Waals surface area contributed by atoms with E-state index in [0.29, 0.717) is 12.1 Å². The number of aryl methyl sites for hydroxylation is 1. The summed E-state index contributed by atoms with van der Waals surface area (Å²) in [6.45, 7) is 4.90. The van der Waals surface area contributed by atoms with Crippen molar-refractivity contribution in [3.63, 3.8) is 0 Å². The van der Waals surface area contributed by atoms with Crippen molar-refractivity contribution in [2.75, 3.05) is 11.4 Å². The Labute approximate surface area is 171 Å². The molecule has 1 N–H and O–H groups in total. The van der Waals surface area contributed by atoms with E-state index < -0.39 is 0 Å². The Kier molecular flexibility index (Phi) is 5.17. The van der Waals surface area contributed by atoms with Crippen LogP contribution in [-0.2, 0) is 17.8 Å². The van der Waals surface area contributed by atoms with Crippen LogP contribution in [0.2, 0.25) is 0 Å². The van der Waals surface area contributed by atoms with Gasteiger partial charge in [0.05, 0.1) is 0 Å².